The van der Waals surface area contributed by atoms with Crippen molar-refractivity contribution in [1.29, 1.82) is 0 Å². The number of nitrogens with one attached hydrogen (secondary N) is 1. The predicted octanol–water partition coefficient (Wildman–Crippen LogP) is 0.499. The lowest BCUT2D eigenvalue weighted by molar-refractivity contribution is -0.142. The molecular formula is C17H25FN2O3. The third-order valence-electron chi connectivity index (χ3n) is 4.28. The van der Waals surface area contributed by atoms with Crippen molar-refractivity contribution < 1.29 is 19.4 Å². The minimum atomic E-state index is -1.80. The highest BCUT2D eigenvalue weighted by molar-refractivity contribution is 5.82. The van der Waals surface area contributed by atoms with Crippen molar-refractivity contribution in [2.45, 2.75) is 44.2 Å². The van der Waals surface area contributed by atoms with Crippen LogP contribution in [0.5, 0.6) is 0 Å². The van der Waals surface area contributed by atoms with Gasteiger partial charge in [-0.25, -0.2) is 4.39 Å². The van der Waals surface area contributed by atoms with Crippen LogP contribution >= 0.6 is 0 Å². The Balaban J connectivity index is 1.88. The predicted molar refractivity (Wildman–Crippen MR) is 85.7 cm³/mol. The molecule has 0 aliphatic carbocycles. The number of benzene rings is 1. The molecule has 0 spiro atoms. The van der Waals surface area contributed by atoms with Gasteiger partial charge in [-0.15, -0.1) is 0 Å². The molecular weight excluding hydrogens is 299 g/mol. The van der Waals surface area contributed by atoms with Gasteiger partial charge in [-0.05, 0) is 25.3 Å². The number of carbonyl (C=O) groups is 1. The Bertz CT molecular complexity index is 500. The lowest BCUT2D eigenvalue weighted by atomic mass is 9.96. The Kier molecular flexibility index (Phi) is 6.50. The lowest BCUT2D eigenvalue weighted by Gasteiger charge is -2.36. The molecule has 1 aliphatic rings. The number of halogens is 1. The molecule has 1 fully saturated rings. The van der Waals surface area contributed by atoms with Crippen molar-refractivity contribution >= 4 is 5.91 Å². The number of alkyl halides is 1. The number of carbonyl (C=O) groups excluding carboxylic acids is 1. The minimum Gasteiger partial charge on any atom is -0.389 e. The van der Waals surface area contributed by atoms with Crippen molar-refractivity contribution in [3.63, 3.8) is 0 Å². The second-order valence-electron chi connectivity index (χ2n) is 5.90. The molecule has 4 atom stereocenters. The fraction of sp³-hybridized carbons (Fsp3) is 0.588. The second kappa shape index (κ2) is 8.38. The fourth-order valence-corrected chi connectivity index (χ4v) is 2.87. The third kappa shape index (κ3) is 4.50. The van der Waals surface area contributed by atoms with E-state index in [2.05, 4.69) is 5.32 Å². The van der Waals surface area contributed by atoms with E-state index < -0.39 is 24.4 Å². The Labute approximate surface area is 136 Å². The number of piperidine rings is 1. The molecule has 2 rings (SSSR count). The van der Waals surface area contributed by atoms with E-state index in [1.807, 2.05) is 37.3 Å². The molecule has 1 heterocycles. The first-order valence-corrected chi connectivity index (χ1v) is 8.11. The smallest absolute Gasteiger partial charge is 0.242 e. The average Bonchev–Trinajstić information content (AvgIpc) is 2.57. The number of hydrogen-bond acceptors (Lipinski definition) is 4. The highest BCUT2D eigenvalue weighted by Crippen LogP contribution is 2.16. The second-order valence-corrected chi connectivity index (χ2v) is 5.90. The van der Waals surface area contributed by atoms with Crippen molar-refractivity contribution in [2.75, 3.05) is 19.6 Å². The van der Waals surface area contributed by atoms with E-state index in [9.17, 15) is 19.4 Å². The van der Waals surface area contributed by atoms with Crippen molar-refractivity contribution in [1.82, 2.24) is 10.2 Å². The molecule has 5 nitrogen and oxygen atoms in total. The molecule has 0 radical (unpaired) electrons. The molecule has 0 unspecified atom stereocenters. The number of aryl methyl sites for hydroxylation is 1. The summed E-state index contributed by atoms with van der Waals surface area (Å²) in [7, 11) is 0. The molecule has 1 saturated heterocycles. The van der Waals surface area contributed by atoms with E-state index in [0.29, 0.717) is 13.1 Å². The normalized spacial score (nSPS) is 27.7. The van der Waals surface area contributed by atoms with Crippen LogP contribution in [-0.4, -0.2) is 65.1 Å². The van der Waals surface area contributed by atoms with E-state index in [-0.39, 0.29) is 12.5 Å². The monoisotopic (exact) mass is 324 g/mol. The molecule has 1 aliphatic heterocycles. The summed E-state index contributed by atoms with van der Waals surface area (Å²) in [6, 6.07) is 9.01. The Hall–Kier alpha value is -1.50. The maximum absolute atomic E-state index is 13.7. The lowest BCUT2D eigenvalue weighted by Crippen LogP contribution is -2.63. The summed E-state index contributed by atoms with van der Waals surface area (Å²) < 4.78 is 13.7. The maximum Gasteiger partial charge on any atom is 0.242 e. The Morgan fingerprint density at radius 1 is 1.35 bits per heavy atom. The number of rotatable bonds is 6. The van der Waals surface area contributed by atoms with Gasteiger partial charge in [0.05, 0.1) is 0 Å². The van der Waals surface area contributed by atoms with Gasteiger partial charge in [-0.1, -0.05) is 30.3 Å². The number of amides is 1. The van der Waals surface area contributed by atoms with Crippen LogP contribution in [-0.2, 0) is 11.2 Å². The van der Waals surface area contributed by atoms with Gasteiger partial charge in [-0.2, -0.15) is 0 Å². The summed E-state index contributed by atoms with van der Waals surface area (Å²) in [5, 5.41) is 22.0. The molecule has 1 aromatic carbocycles. The molecule has 23 heavy (non-hydrogen) atoms. The molecule has 0 saturated carbocycles. The van der Waals surface area contributed by atoms with E-state index in [4.69, 9.17) is 0 Å². The van der Waals surface area contributed by atoms with Crippen LogP contribution in [0.25, 0.3) is 0 Å². The van der Waals surface area contributed by atoms with E-state index >= 15 is 0 Å². The van der Waals surface area contributed by atoms with Crippen LogP contribution in [0.1, 0.15) is 18.9 Å². The fourth-order valence-electron chi connectivity index (χ4n) is 2.87. The molecule has 3 N–H and O–H groups in total. The quantitative estimate of drug-likeness (QED) is 0.712. The molecule has 0 bridgehead atoms. The van der Waals surface area contributed by atoms with Crippen LogP contribution in [0.2, 0.25) is 0 Å². The first kappa shape index (κ1) is 17.8. The summed E-state index contributed by atoms with van der Waals surface area (Å²) in [6.45, 7) is 2.88. The van der Waals surface area contributed by atoms with Gasteiger partial charge in [0.25, 0.3) is 0 Å². The minimum absolute atomic E-state index is 0.0315. The topological polar surface area (TPSA) is 72.8 Å². The van der Waals surface area contributed by atoms with Gasteiger partial charge in [0.1, 0.15) is 18.2 Å². The van der Waals surface area contributed by atoms with Crippen LogP contribution in [0.4, 0.5) is 4.39 Å². The number of likely N-dealkylation sites (N-methyl/N-ethyl adjacent to an activating group) is 1. The molecule has 1 amide bonds. The van der Waals surface area contributed by atoms with E-state index in [0.717, 1.165) is 12.8 Å². The van der Waals surface area contributed by atoms with Gasteiger partial charge in [-0.3, -0.25) is 4.79 Å². The number of nitrogens with zero attached hydrogens (tertiary/aromatic N) is 1. The Morgan fingerprint density at radius 2 is 2.04 bits per heavy atom. The van der Waals surface area contributed by atoms with Gasteiger partial charge >= 0.3 is 0 Å². The van der Waals surface area contributed by atoms with Crippen molar-refractivity contribution in [2.24, 2.45) is 0 Å². The maximum atomic E-state index is 13.7. The molecule has 128 valence electrons. The molecule has 0 aromatic heterocycles. The highest BCUT2D eigenvalue weighted by atomic mass is 19.1. The van der Waals surface area contributed by atoms with Gasteiger partial charge in [0.2, 0.25) is 5.91 Å². The zero-order chi connectivity index (χ0) is 16.8. The molecule has 6 heteroatoms. The average molecular weight is 324 g/mol. The highest BCUT2D eigenvalue weighted by Gasteiger charge is 2.42. The SMILES string of the molecule is CCN(CCCc1ccccc1)C(=O)[C@H]1NC[C@@H](O)[C@H](F)[C@@H]1O. The van der Waals surface area contributed by atoms with E-state index in [1.165, 1.54) is 5.56 Å². The number of aliphatic hydroxyl groups is 2. The summed E-state index contributed by atoms with van der Waals surface area (Å²) in [5.41, 5.74) is 1.21. The largest absolute Gasteiger partial charge is 0.389 e. The first-order chi connectivity index (χ1) is 11.0. The first-order valence-electron chi connectivity index (χ1n) is 8.11. The number of β-amino-alcohol motifs (C(OH)–C–C–N with tert-alkyl or cyclic N) is 1. The number of hydrogen-bond donors (Lipinski definition) is 3. The van der Waals surface area contributed by atoms with Crippen molar-refractivity contribution in [3.8, 4) is 0 Å². The van der Waals surface area contributed by atoms with E-state index in [1.54, 1.807) is 4.90 Å². The third-order valence-corrected chi connectivity index (χ3v) is 4.28. The van der Waals surface area contributed by atoms with Crippen LogP contribution in [0.15, 0.2) is 30.3 Å². The van der Waals surface area contributed by atoms with Gasteiger partial charge < -0.3 is 20.4 Å². The van der Waals surface area contributed by atoms with Crippen LogP contribution in [0, 0.1) is 0 Å². The summed E-state index contributed by atoms with van der Waals surface area (Å²) in [5.74, 6) is -0.317. The van der Waals surface area contributed by atoms with Gasteiger partial charge in [0.15, 0.2) is 6.17 Å². The van der Waals surface area contributed by atoms with Crippen LogP contribution < -0.4 is 5.32 Å². The number of aliphatic hydroxyl groups excluding tert-OH is 2. The summed E-state index contributed by atoms with van der Waals surface area (Å²) in [6.07, 6.45) is -2.94. The standard InChI is InChI=1S/C17H25FN2O3/c1-2-20(10-6-9-12-7-4-3-5-8-12)17(23)15-16(22)14(18)13(21)11-19-15/h3-5,7-8,13-16,19,21-22H,2,6,9-11H2,1H3/t13-,14+,15+,16+/m1/s1. The zero-order valence-corrected chi connectivity index (χ0v) is 13.4. The zero-order valence-electron chi connectivity index (χ0n) is 13.4. The van der Waals surface area contributed by atoms with Gasteiger partial charge in [0, 0.05) is 19.6 Å². The van der Waals surface area contributed by atoms with Crippen LogP contribution in [0.3, 0.4) is 0 Å². The summed E-state index contributed by atoms with van der Waals surface area (Å²) in [4.78, 5) is 14.1. The Morgan fingerprint density at radius 3 is 2.70 bits per heavy atom. The van der Waals surface area contributed by atoms with Crippen molar-refractivity contribution in [3.05, 3.63) is 35.9 Å². The summed E-state index contributed by atoms with van der Waals surface area (Å²) >= 11 is 0. The molecule has 1 aromatic rings.